The molecule has 26 heavy (non-hydrogen) atoms. The fourth-order valence-corrected chi connectivity index (χ4v) is 2.91. The molecule has 1 atom stereocenters. The highest BCUT2D eigenvalue weighted by Crippen LogP contribution is 2.22. The molecular weight excluding hydrogens is 328 g/mol. The Balaban J connectivity index is 1.45. The lowest BCUT2D eigenvalue weighted by Crippen LogP contribution is -2.14. The van der Waals surface area contributed by atoms with Crippen LogP contribution >= 0.6 is 0 Å². The van der Waals surface area contributed by atoms with E-state index in [0.29, 0.717) is 11.9 Å². The van der Waals surface area contributed by atoms with Crippen LogP contribution in [0.5, 0.6) is 0 Å². The number of aromatic nitrogens is 4. The van der Waals surface area contributed by atoms with Crippen LogP contribution in [0.1, 0.15) is 12.1 Å². The van der Waals surface area contributed by atoms with E-state index < -0.39 is 0 Å². The first-order valence-corrected chi connectivity index (χ1v) is 8.80. The number of hydrogen-bond acceptors (Lipinski definition) is 6. The Hall–Kier alpha value is -2.93. The molecule has 4 rings (SSSR count). The maximum absolute atomic E-state index is 5.42. The highest BCUT2D eigenvalue weighted by molar-refractivity contribution is 5.62. The maximum Gasteiger partial charge on any atom is 0.247 e. The molecule has 3 heterocycles. The third-order valence-corrected chi connectivity index (χ3v) is 4.46. The minimum Gasteiger partial charge on any atom is -0.383 e. The zero-order valence-corrected chi connectivity index (χ0v) is 14.7. The van der Waals surface area contributed by atoms with Crippen molar-refractivity contribution in [1.29, 1.82) is 0 Å². The SMILES string of the molecule is Cc1ncc(NCC2CCOC2)cc1Nc1ncn(-c2ccccc2)n1. The number of ether oxygens (including phenoxy) is 1. The summed E-state index contributed by atoms with van der Waals surface area (Å²) >= 11 is 0. The lowest BCUT2D eigenvalue weighted by atomic mass is 10.1. The Morgan fingerprint density at radius 3 is 2.92 bits per heavy atom. The summed E-state index contributed by atoms with van der Waals surface area (Å²) in [5, 5.41) is 11.2. The molecule has 1 aliphatic heterocycles. The largest absolute Gasteiger partial charge is 0.383 e. The summed E-state index contributed by atoms with van der Waals surface area (Å²) in [5.41, 5.74) is 3.74. The second-order valence-corrected chi connectivity index (χ2v) is 6.44. The van der Waals surface area contributed by atoms with E-state index in [9.17, 15) is 0 Å². The van der Waals surface area contributed by atoms with E-state index in [2.05, 4.69) is 25.7 Å². The fourth-order valence-electron chi connectivity index (χ4n) is 2.91. The van der Waals surface area contributed by atoms with Gasteiger partial charge in [-0.1, -0.05) is 18.2 Å². The predicted molar refractivity (Wildman–Crippen MR) is 101 cm³/mol. The van der Waals surface area contributed by atoms with Crippen LogP contribution in [0.25, 0.3) is 5.69 Å². The van der Waals surface area contributed by atoms with Crippen molar-refractivity contribution in [1.82, 2.24) is 19.7 Å². The summed E-state index contributed by atoms with van der Waals surface area (Å²) in [4.78, 5) is 8.81. The van der Waals surface area contributed by atoms with E-state index in [-0.39, 0.29) is 0 Å². The lowest BCUT2D eigenvalue weighted by molar-refractivity contribution is 0.187. The van der Waals surface area contributed by atoms with E-state index in [1.54, 1.807) is 11.0 Å². The van der Waals surface area contributed by atoms with Gasteiger partial charge in [-0.25, -0.2) is 4.68 Å². The van der Waals surface area contributed by atoms with Crippen LogP contribution in [0.2, 0.25) is 0 Å². The van der Waals surface area contributed by atoms with E-state index in [1.165, 1.54) is 0 Å². The molecule has 0 bridgehead atoms. The average molecular weight is 350 g/mol. The highest BCUT2D eigenvalue weighted by Gasteiger charge is 2.15. The van der Waals surface area contributed by atoms with E-state index in [4.69, 9.17) is 4.74 Å². The second-order valence-electron chi connectivity index (χ2n) is 6.44. The zero-order chi connectivity index (χ0) is 17.8. The van der Waals surface area contributed by atoms with Gasteiger partial charge < -0.3 is 15.4 Å². The van der Waals surface area contributed by atoms with Crippen molar-refractivity contribution in [3.8, 4) is 5.69 Å². The first-order chi connectivity index (χ1) is 12.8. The molecule has 0 aliphatic carbocycles. The standard InChI is InChI=1S/C19H22N6O/c1-14-18(9-16(11-20-14)21-10-15-7-8-26-12-15)23-19-22-13-25(24-19)17-5-3-2-4-6-17/h2-6,9,11,13,15,21H,7-8,10,12H2,1H3,(H,23,24). The molecular formula is C19H22N6O. The number of nitrogens with one attached hydrogen (secondary N) is 2. The fraction of sp³-hybridized carbons (Fsp3) is 0.316. The Kier molecular flexibility index (Phi) is 4.79. The van der Waals surface area contributed by atoms with Gasteiger partial charge in [0.15, 0.2) is 0 Å². The number of para-hydroxylation sites is 1. The van der Waals surface area contributed by atoms with Crippen molar-refractivity contribution in [2.24, 2.45) is 5.92 Å². The molecule has 7 heteroatoms. The summed E-state index contributed by atoms with van der Waals surface area (Å²) in [6.45, 7) is 4.55. The van der Waals surface area contributed by atoms with Crippen molar-refractivity contribution >= 4 is 17.3 Å². The zero-order valence-electron chi connectivity index (χ0n) is 14.7. The molecule has 134 valence electrons. The number of rotatable bonds is 6. The van der Waals surface area contributed by atoms with E-state index in [1.807, 2.05) is 49.5 Å². The van der Waals surface area contributed by atoms with Crippen molar-refractivity contribution in [3.05, 3.63) is 54.6 Å². The van der Waals surface area contributed by atoms with Crippen molar-refractivity contribution in [2.45, 2.75) is 13.3 Å². The Morgan fingerprint density at radius 2 is 2.12 bits per heavy atom. The van der Waals surface area contributed by atoms with Crippen molar-refractivity contribution < 1.29 is 4.74 Å². The third kappa shape index (κ3) is 3.83. The molecule has 3 aromatic rings. The summed E-state index contributed by atoms with van der Waals surface area (Å²) < 4.78 is 7.16. The number of pyridine rings is 1. The summed E-state index contributed by atoms with van der Waals surface area (Å²) in [5.74, 6) is 1.11. The van der Waals surface area contributed by atoms with Gasteiger partial charge in [0.2, 0.25) is 5.95 Å². The predicted octanol–water partition coefficient (Wildman–Crippen LogP) is 3.16. The normalized spacial score (nSPS) is 16.6. The molecule has 1 aliphatic rings. The van der Waals surface area contributed by atoms with Gasteiger partial charge in [0.1, 0.15) is 6.33 Å². The summed E-state index contributed by atoms with van der Waals surface area (Å²) in [7, 11) is 0. The Labute approximate surface area is 152 Å². The van der Waals surface area contributed by atoms with E-state index >= 15 is 0 Å². The molecule has 1 saturated heterocycles. The van der Waals surface area contributed by atoms with Crippen molar-refractivity contribution in [3.63, 3.8) is 0 Å². The van der Waals surface area contributed by atoms with Gasteiger partial charge in [0.25, 0.3) is 0 Å². The smallest absolute Gasteiger partial charge is 0.247 e. The Morgan fingerprint density at radius 1 is 1.23 bits per heavy atom. The van der Waals surface area contributed by atoms with Gasteiger partial charge in [0, 0.05) is 19.1 Å². The summed E-state index contributed by atoms with van der Waals surface area (Å²) in [6.07, 6.45) is 4.66. The van der Waals surface area contributed by atoms with Crippen LogP contribution in [0.4, 0.5) is 17.3 Å². The lowest BCUT2D eigenvalue weighted by Gasteiger charge is -2.13. The molecule has 2 N–H and O–H groups in total. The average Bonchev–Trinajstić information content (AvgIpc) is 3.35. The highest BCUT2D eigenvalue weighted by atomic mass is 16.5. The topological polar surface area (TPSA) is 76.9 Å². The van der Waals surface area contributed by atoms with Gasteiger partial charge in [-0.3, -0.25) is 4.98 Å². The van der Waals surface area contributed by atoms with Gasteiger partial charge in [-0.2, -0.15) is 4.98 Å². The monoisotopic (exact) mass is 350 g/mol. The molecule has 0 spiro atoms. The number of aryl methyl sites for hydroxylation is 1. The van der Waals surface area contributed by atoms with Crippen LogP contribution in [0.15, 0.2) is 48.9 Å². The van der Waals surface area contributed by atoms with Gasteiger partial charge >= 0.3 is 0 Å². The first-order valence-electron chi connectivity index (χ1n) is 8.80. The Bertz CT molecular complexity index is 857. The van der Waals surface area contributed by atoms with Crippen LogP contribution in [0, 0.1) is 12.8 Å². The minimum atomic E-state index is 0.542. The van der Waals surface area contributed by atoms with Gasteiger partial charge in [0.05, 0.1) is 35.6 Å². The quantitative estimate of drug-likeness (QED) is 0.711. The third-order valence-electron chi connectivity index (χ3n) is 4.46. The van der Waals surface area contributed by atoms with Gasteiger partial charge in [-0.15, -0.1) is 5.10 Å². The molecule has 1 aromatic carbocycles. The molecule has 7 nitrogen and oxygen atoms in total. The van der Waals surface area contributed by atoms with E-state index in [0.717, 1.165) is 48.9 Å². The number of nitrogens with zero attached hydrogens (tertiary/aromatic N) is 4. The molecule has 1 fully saturated rings. The van der Waals surface area contributed by atoms with Crippen LogP contribution < -0.4 is 10.6 Å². The van der Waals surface area contributed by atoms with Crippen LogP contribution in [-0.2, 0) is 4.74 Å². The van der Waals surface area contributed by atoms with Crippen LogP contribution in [-0.4, -0.2) is 39.5 Å². The molecule has 1 unspecified atom stereocenters. The maximum atomic E-state index is 5.42. The van der Waals surface area contributed by atoms with Gasteiger partial charge in [-0.05, 0) is 31.5 Å². The number of anilines is 3. The molecule has 2 aromatic heterocycles. The minimum absolute atomic E-state index is 0.542. The molecule has 0 radical (unpaired) electrons. The van der Waals surface area contributed by atoms with Crippen molar-refractivity contribution in [2.75, 3.05) is 30.4 Å². The summed E-state index contributed by atoms with van der Waals surface area (Å²) in [6, 6.07) is 11.9. The number of hydrogen-bond donors (Lipinski definition) is 2. The molecule has 0 amide bonds. The van der Waals surface area contributed by atoms with Crippen LogP contribution in [0.3, 0.4) is 0 Å². The number of benzene rings is 1. The first kappa shape index (κ1) is 16.5. The second kappa shape index (κ2) is 7.53. The molecule has 0 saturated carbocycles.